The summed E-state index contributed by atoms with van der Waals surface area (Å²) in [5, 5.41) is 2.72. The van der Waals surface area contributed by atoms with E-state index in [9.17, 15) is 22.8 Å². The van der Waals surface area contributed by atoms with Gasteiger partial charge in [-0.2, -0.15) is 13.2 Å². The van der Waals surface area contributed by atoms with Crippen molar-refractivity contribution in [3.05, 3.63) is 0 Å². The summed E-state index contributed by atoms with van der Waals surface area (Å²) >= 11 is 0. The van der Waals surface area contributed by atoms with Crippen LogP contribution in [-0.2, 0) is 9.59 Å². The van der Waals surface area contributed by atoms with Crippen molar-refractivity contribution in [1.29, 1.82) is 0 Å². The molecule has 0 aliphatic carbocycles. The van der Waals surface area contributed by atoms with Crippen LogP contribution < -0.4 is 5.32 Å². The number of hydrogen-bond donors (Lipinski definition) is 1. The van der Waals surface area contributed by atoms with Crippen LogP contribution in [0.2, 0.25) is 0 Å². The number of nitrogens with zero attached hydrogens (tertiary/aromatic N) is 1. The van der Waals surface area contributed by atoms with Gasteiger partial charge in [-0.15, -0.1) is 0 Å². The molecule has 0 aromatic heterocycles. The molecule has 0 aromatic carbocycles. The average molecular weight is 322 g/mol. The third kappa shape index (κ3) is 5.18. The second-order valence-corrected chi connectivity index (χ2v) is 5.82. The van der Waals surface area contributed by atoms with E-state index in [1.165, 1.54) is 0 Å². The number of carbonyl (C=O) groups excluding carboxylic acids is 2. The zero-order valence-corrected chi connectivity index (χ0v) is 13.2. The number of hydrogen-bond acceptors (Lipinski definition) is 2. The quantitative estimate of drug-likeness (QED) is 0.783. The summed E-state index contributed by atoms with van der Waals surface area (Å²) < 4.78 is 37.6. The van der Waals surface area contributed by atoms with Crippen LogP contribution >= 0.6 is 0 Å². The molecule has 7 heteroatoms. The molecular formula is C15H25F3N2O2. The van der Waals surface area contributed by atoms with Crippen molar-refractivity contribution in [2.24, 2.45) is 5.92 Å². The second-order valence-electron chi connectivity index (χ2n) is 5.82. The van der Waals surface area contributed by atoms with Gasteiger partial charge in [0.2, 0.25) is 5.91 Å². The fourth-order valence-electron chi connectivity index (χ4n) is 2.75. The summed E-state index contributed by atoms with van der Waals surface area (Å²) in [6.07, 6.45) is -0.168. The summed E-state index contributed by atoms with van der Waals surface area (Å²) in [6, 6.07) is -0.988. The van der Waals surface area contributed by atoms with E-state index in [4.69, 9.17) is 0 Å². The average Bonchev–Trinajstić information content (AvgIpc) is 2.94. The number of halogens is 3. The fourth-order valence-corrected chi connectivity index (χ4v) is 2.75. The molecular weight excluding hydrogens is 297 g/mol. The number of rotatable bonds is 7. The maximum Gasteiger partial charge on any atom is 0.471 e. The van der Waals surface area contributed by atoms with Crippen molar-refractivity contribution in [1.82, 2.24) is 10.2 Å². The number of likely N-dealkylation sites (tertiary alicyclic amines) is 1. The molecule has 1 saturated heterocycles. The molecule has 128 valence electrons. The lowest BCUT2D eigenvalue weighted by Crippen LogP contribution is -2.50. The van der Waals surface area contributed by atoms with E-state index in [0.717, 1.165) is 25.7 Å². The van der Waals surface area contributed by atoms with Crippen LogP contribution in [0.15, 0.2) is 0 Å². The van der Waals surface area contributed by atoms with Gasteiger partial charge in [0.05, 0.1) is 0 Å². The third-order valence-electron chi connectivity index (χ3n) is 4.17. The Morgan fingerprint density at radius 1 is 1.32 bits per heavy atom. The standard InChI is InChI=1S/C15H25F3N2O2/c1-3-5-7-11(4-2)10-19-13(21)12-8-6-9-20(12)14(22)15(16,17)18/h11-12H,3-10H2,1-2H3,(H,19,21)/t11-,12-/m1/s1. The lowest BCUT2D eigenvalue weighted by atomic mass is 9.99. The van der Waals surface area contributed by atoms with Gasteiger partial charge < -0.3 is 10.2 Å². The Kier molecular flexibility index (Phi) is 7.16. The van der Waals surface area contributed by atoms with E-state index >= 15 is 0 Å². The topological polar surface area (TPSA) is 49.4 Å². The van der Waals surface area contributed by atoms with Crippen LogP contribution in [0, 0.1) is 5.92 Å². The van der Waals surface area contributed by atoms with Crippen LogP contribution in [0.25, 0.3) is 0 Å². The summed E-state index contributed by atoms with van der Waals surface area (Å²) in [4.78, 5) is 24.1. The number of nitrogens with one attached hydrogen (secondary N) is 1. The molecule has 1 rings (SSSR count). The number of amides is 2. The summed E-state index contributed by atoms with van der Waals surface area (Å²) in [6.45, 7) is 4.56. The minimum atomic E-state index is -4.92. The fraction of sp³-hybridized carbons (Fsp3) is 0.867. The predicted molar refractivity (Wildman–Crippen MR) is 77.1 cm³/mol. The molecule has 2 amide bonds. The van der Waals surface area contributed by atoms with Gasteiger partial charge in [0.15, 0.2) is 0 Å². The molecule has 0 unspecified atom stereocenters. The Morgan fingerprint density at radius 2 is 2.00 bits per heavy atom. The Bertz CT molecular complexity index is 385. The number of unbranched alkanes of at least 4 members (excludes halogenated alkanes) is 1. The molecule has 0 bridgehead atoms. The zero-order valence-electron chi connectivity index (χ0n) is 13.2. The second kappa shape index (κ2) is 8.39. The van der Waals surface area contributed by atoms with E-state index in [1.54, 1.807) is 0 Å². The summed E-state index contributed by atoms with van der Waals surface area (Å²) in [7, 11) is 0. The van der Waals surface area contributed by atoms with Gasteiger partial charge in [-0.3, -0.25) is 9.59 Å². The first-order chi connectivity index (χ1) is 10.3. The molecule has 1 aliphatic heterocycles. The minimum Gasteiger partial charge on any atom is -0.354 e. The molecule has 1 heterocycles. The highest BCUT2D eigenvalue weighted by Gasteiger charge is 2.47. The Morgan fingerprint density at radius 3 is 2.55 bits per heavy atom. The highest BCUT2D eigenvalue weighted by atomic mass is 19.4. The van der Waals surface area contributed by atoms with Gasteiger partial charge in [0.25, 0.3) is 0 Å². The number of alkyl halides is 3. The molecule has 1 aliphatic rings. The van der Waals surface area contributed by atoms with E-state index in [-0.39, 0.29) is 6.54 Å². The minimum absolute atomic E-state index is 0.0104. The lowest BCUT2D eigenvalue weighted by molar-refractivity contribution is -0.186. The Balaban J connectivity index is 2.55. The molecule has 22 heavy (non-hydrogen) atoms. The predicted octanol–water partition coefficient (Wildman–Crippen LogP) is 2.87. The Hall–Kier alpha value is -1.27. The first-order valence-corrected chi connectivity index (χ1v) is 7.96. The SMILES string of the molecule is CCCC[C@@H](CC)CNC(=O)[C@H]1CCCN1C(=O)C(F)(F)F. The first kappa shape index (κ1) is 18.8. The maximum atomic E-state index is 12.5. The van der Waals surface area contributed by atoms with Gasteiger partial charge in [0.1, 0.15) is 6.04 Å². The van der Waals surface area contributed by atoms with Crippen molar-refractivity contribution in [3.63, 3.8) is 0 Å². The van der Waals surface area contributed by atoms with E-state index in [2.05, 4.69) is 12.2 Å². The molecule has 0 aromatic rings. The Labute approximate surface area is 129 Å². The van der Waals surface area contributed by atoms with Gasteiger partial charge in [-0.05, 0) is 25.2 Å². The zero-order chi connectivity index (χ0) is 16.8. The normalized spacial score (nSPS) is 20.0. The van der Waals surface area contributed by atoms with Crippen LogP contribution in [-0.4, -0.2) is 42.0 Å². The first-order valence-electron chi connectivity index (χ1n) is 7.96. The summed E-state index contributed by atoms with van der Waals surface area (Å²) in [5.41, 5.74) is 0. The van der Waals surface area contributed by atoms with Crippen LogP contribution in [0.4, 0.5) is 13.2 Å². The lowest BCUT2D eigenvalue weighted by Gasteiger charge is -2.25. The van der Waals surface area contributed by atoms with Gasteiger partial charge >= 0.3 is 12.1 Å². The largest absolute Gasteiger partial charge is 0.471 e. The van der Waals surface area contributed by atoms with E-state index < -0.39 is 24.0 Å². The molecule has 2 atom stereocenters. The summed E-state index contributed by atoms with van der Waals surface area (Å²) in [5.74, 6) is -2.05. The van der Waals surface area contributed by atoms with E-state index in [1.807, 2.05) is 6.92 Å². The van der Waals surface area contributed by atoms with Gasteiger partial charge in [0, 0.05) is 13.1 Å². The number of carbonyl (C=O) groups is 2. The third-order valence-corrected chi connectivity index (χ3v) is 4.17. The molecule has 1 N–H and O–H groups in total. The molecule has 0 saturated carbocycles. The molecule has 4 nitrogen and oxygen atoms in total. The van der Waals surface area contributed by atoms with Crippen molar-refractivity contribution in [2.45, 2.75) is 64.6 Å². The highest BCUT2D eigenvalue weighted by Crippen LogP contribution is 2.25. The maximum absolute atomic E-state index is 12.5. The van der Waals surface area contributed by atoms with Gasteiger partial charge in [-0.1, -0.05) is 33.1 Å². The van der Waals surface area contributed by atoms with Crippen molar-refractivity contribution >= 4 is 11.8 Å². The smallest absolute Gasteiger partial charge is 0.354 e. The van der Waals surface area contributed by atoms with Crippen LogP contribution in [0.1, 0.15) is 52.4 Å². The molecule has 0 spiro atoms. The highest BCUT2D eigenvalue weighted by molar-refractivity contribution is 5.90. The van der Waals surface area contributed by atoms with Crippen molar-refractivity contribution in [3.8, 4) is 0 Å². The van der Waals surface area contributed by atoms with Crippen LogP contribution in [0.5, 0.6) is 0 Å². The monoisotopic (exact) mass is 322 g/mol. The van der Waals surface area contributed by atoms with Crippen molar-refractivity contribution < 1.29 is 22.8 Å². The van der Waals surface area contributed by atoms with Crippen LogP contribution in [0.3, 0.4) is 0 Å². The van der Waals surface area contributed by atoms with Crippen molar-refractivity contribution in [2.75, 3.05) is 13.1 Å². The molecule has 0 radical (unpaired) electrons. The van der Waals surface area contributed by atoms with Gasteiger partial charge in [-0.25, -0.2) is 0 Å². The molecule has 1 fully saturated rings. The van der Waals surface area contributed by atoms with E-state index in [0.29, 0.717) is 30.2 Å².